The second-order valence-corrected chi connectivity index (χ2v) is 1.56. The van der Waals surface area contributed by atoms with E-state index in [1.165, 1.54) is 0 Å². The first-order chi connectivity index (χ1) is 3.84. The Morgan fingerprint density at radius 3 is 2.62 bits per heavy atom. The van der Waals surface area contributed by atoms with Gasteiger partial charge in [0.2, 0.25) is 0 Å². The van der Waals surface area contributed by atoms with Crippen LogP contribution in [0.25, 0.3) is 0 Å². The quantitative estimate of drug-likeness (QED) is 0.518. The molecule has 0 aliphatic heterocycles. The van der Waals surface area contributed by atoms with Crippen molar-refractivity contribution in [3.63, 3.8) is 0 Å². The molecule has 1 aromatic heterocycles. The second kappa shape index (κ2) is 1.92. The molecule has 0 aromatic carbocycles. The average molecular weight is 112 g/mol. The van der Waals surface area contributed by atoms with Gasteiger partial charge in [0, 0.05) is 6.54 Å². The Balaban J connectivity index is 2.92. The van der Waals surface area contributed by atoms with Crippen molar-refractivity contribution in [3.05, 3.63) is 11.4 Å². The summed E-state index contributed by atoms with van der Waals surface area (Å²) in [4.78, 5) is 0. The van der Waals surface area contributed by atoms with Crippen molar-refractivity contribution >= 4 is 0 Å². The van der Waals surface area contributed by atoms with E-state index in [2.05, 4.69) is 15.4 Å². The molecule has 0 amide bonds. The van der Waals surface area contributed by atoms with Crippen LogP contribution in [0, 0.1) is 6.92 Å². The third-order valence-electron chi connectivity index (χ3n) is 1.01. The number of aromatic nitrogens is 3. The first-order valence-electron chi connectivity index (χ1n) is 2.41. The topological polar surface area (TPSA) is 67.6 Å². The van der Waals surface area contributed by atoms with Gasteiger partial charge in [0.15, 0.2) is 0 Å². The maximum atomic E-state index is 5.27. The lowest BCUT2D eigenvalue weighted by Crippen LogP contribution is -1.97. The van der Waals surface area contributed by atoms with Crippen molar-refractivity contribution < 1.29 is 0 Å². The fraction of sp³-hybridized carbons (Fsp3) is 0.500. The van der Waals surface area contributed by atoms with Gasteiger partial charge in [-0.2, -0.15) is 15.4 Å². The predicted molar refractivity (Wildman–Crippen MR) is 29.0 cm³/mol. The highest BCUT2D eigenvalue weighted by atomic mass is 15.3. The number of hydrogen-bond donors (Lipinski definition) is 2. The van der Waals surface area contributed by atoms with Crippen molar-refractivity contribution in [2.75, 3.05) is 0 Å². The summed E-state index contributed by atoms with van der Waals surface area (Å²) < 4.78 is 0. The molecular formula is C4H8N4. The Kier molecular flexibility index (Phi) is 1.26. The molecule has 0 bridgehead atoms. The Morgan fingerprint density at radius 1 is 1.62 bits per heavy atom. The Hall–Kier alpha value is -0.900. The van der Waals surface area contributed by atoms with Gasteiger partial charge >= 0.3 is 0 Å². The summed E-state index contributed by atoms with van der Waals surface area (Å²) in [5, 5.41) is 10.0. The fourth-order valence-electron chi connectivity index (χ4n) is 0.499. The molecule has 0 atom stereocenters. The number of hydrogen-bond acceptors (Lipinski definition) is 3. The molecule has 0 spiro atoms. The highest BCUT2D eigenvalue weighted by molar-refractivity contribution is 5.04. The summed E-state index contributed by atoms with van der Waals surface area (Å²) >= 11 is 0. The minimum absolute atomic E-state index is 0.461. The fourth-order valence-corrected chi connectivity index (χ4v) is 0.499. The summed E-state index contributed by atoms with van der Waals surface area (Å²) in [5.74, 6) is 0. The van der Waals surface area contributed by atoms with E-state index in [1.54, 1.807) is 0 Å². The number of nitrogens with two attached hydrogens (primary N) is 1. The van der Waals surface area contributed by atoms with Crippen LogP contribution < -0.4 is 5.73 Å². The van der Waals surface area contributed by atoms with Gasteiger partial charge in [-0.1, -0.05) is 0 Å². The molecular weight excluding hydrogens is 104 g/mol. The smallest absolute Gasteiger partial charge is 0.0989 e. The molecule has 44 valence electrons. The Morgan fingerprint density at radius 2 is 2.38 bits per heavy atom. The van der Waals surface area contributed by atoms with Gasteiger partial charge < -0.3 is 5.73 Å². The molecule has 1 heterocycles. The molecule has 0 aliphatic carbocycles. The number of aromatic amines is 1. The zero-order valence-corrected chi connectivity index (χ0v) is 4.68. The second-order valence-electron chi connectivity index (χ2n) is 1.56. The molecule has 0 radical (unpaired) electrons. The van der Waals surface area contributed by atoms with Crippen molar-refractivity contribution in [2.45, 2.75) is 13.5 Å². The van der Waals surface area contributed by atoms with E-state index in [9.17, 15) is 0 Å². The van der Waals surface area contributed by atoms with Crippen LogP contribution in [0.2, 0.25) is 0 Å². The van der Waals surface area contributed by atoms with E-state index in [0.717, 1.165) is 11.4 Å². The monoisotopic (exact) mass is 112 g/mol. The largest absolute Gasteiger partial charge is 0.325 e. The molecule has 3 N–H and O–H groups in total. The van der Waals surface area contributed by atoms with Crippen molar-refractivity contribution in [3.8, 4) is 0 Å². The molecule has 8 heavy (non-hydrogen) atoms. The Labute approximate surface area is 47.1 Å². The van der Waals surface area contributed by atoms with Crippen LogP contribution in [0.4, 0.5) is 0 Å². The van der Waals surface area contributed by atoms with Crippen LogP contribution in [0.3, 0.4) is 0 Å². The van der Waals surface area contributed by atoms with E-state index in [1.807, 2.05) is 6.92 Å². The highest BCUT2D eigenvalue weighted by Gasteiger charge is 1.96. The maximum Gasteiger partial charge on any atom is 0.0989 e. The first-order valence-corrected chi connectivity index (χ1v) is 2.41. The predicted octanol–water partition coefficient (Wildman–Crippen LogP) is -0.428. The number of nitrogens with one attached hydrogen (secondary N) is 1. The molecule has 0 unspecified atom stereocenters. The molecule has 0 saturated heterocycles. The summed E-state index contributed by atoms with van der Waals surface area (Å²) in [6.45, 7) is 2.33. The minimum Gasteiger partial charge on any atom is -0.325 e. The minimum atomic E-state index is 0.461. The van der Waals surface area contributed by atoms with Crippen molar-refractivity contribution in [1.82, 2.24) is 15.4 Å². The summed E-state index contributed by atoms with van der Waals surface area (Å²) in [5.41, 5.74) is 6.99. The van der Waals surface area contributed by atoms with Crippen LogP contribution in [0.1, 0.15) is 11.4 Å². The van der Waals surface area contributed by atoms with E-state index < -0.39 is 0 Å². The number of aryl methyl sites for hydroxylation is 1. The molecule has 4 nitrogen and oxygen atoms in total. The molecule has 0 aliphatic rings. The normalized spacial score (nSPS) is 9.75. The van der Waals surface area contributed by atoms with Crippen LogP contribution in [0.5, 0.6) is 0 Å². The van der Waals surface area contributed by atoms with Crippen molar-refractivity contribution in [2.24, 2.45) is 5.73 Å². The van der Waals surface area contributed by atoms with Gasteiger partial charge in [0.05, 0.1) is 11.4 Å². The van der Waals surface area contributed by atoms with E-state index in [4.69, 9.17) is 5.73 Å². The van der Waals surface area contributed by atoms with Gasteiger partial charge in [0.25, 0.3) is 0 Å². The van der Waals surface area contributed by atoms with Gasteiger partial charge in [-0.25, -0.2) is 0 Å². The molecule has 1 aromatic rings. The Bertz CT molecular complexity index is 168. The standard InChI is InChI=1S/C4H8N4/c1-3-4(2-5)7-8-6-3/h2,5H2,1H3,(H,6,7,8). The number of rotatable bonds is 1. The lowest BCUT2D eigenvalue weighted by Gasteiger charge is -1.83. The van der Waals surface area contributed by atoms with E-state index in [0.29, 0.717) is 6.54 Å². The zero-order valence-electron chi connectivity index (χ0n) is 4.68. The zero-order chi connectivity index (χ0) is 5.98. The van der Waals surface area contributed by atoms with Gasteiger partial charge in [-0.15, -0.1) is 0 Å². The van der Waals surface area contributed by atoms with Crippen LogP contribution >= 0.6 is 0 Å². The van der Waals surface area contributed by atoms with E-state index in [-0.39, 0.29) is 0 Å². The third-order valence-corrected chi connectivity index (χ3v) is 1.01. The van der Waals surface area contributed by atoms with Gasteiger partial charge in [0.1, 0.15) is 0 Å². The number of nitrogens with zero attached hydrogens (tertiary/aromatic N) is 2. The van der Waals surface area contributed by atoms with Crippen LogP contribution in [0.15, 0.2) is 0 Å². The van der Waals surface area contributed by atoms with Crippen LogP contribution in [-0.4, -0.2) is 15.4 Å². The highest BCUT2D eigenvalue weighted by Crippen LogP contribution is 1.93. The van der Waals surface area contributed by atoms with Gasteiger partial charge in [-0.05, 0) is 6.92 Å². The molecule has 0 saturated carbocycles. The lowest BCUT2D eigenvalue weighted by molar-refractivity contribution is 0.897. The lowest BCUT2D eigenvalue weighted by atomic mass is 10.4. The summed E-state index contributed by atoms with van der Waals surface area (Å²) in [6.07, 6.45) is 0. The van der Waals surface area contributed by atoms with E-state index >= 15 is 0 Å². The molecule has 4 heteroatoms. The SMILES string of the molecule is Cc1n[nH]nc1CN. The van der Waals surface area contributed by atoms with Crippen LogP contribution in [-0.2, 0) is 6.54 Å². The maximum absolute atomic E-state index is 5.27. The summed E-state index contributed by atoms with van der Waals surface area (Å²) in [7, 11) is 0. The van der Waals surface area contributed by atoms with Crippen molar-refractivity contribution in [1.29, 1.82) is 0 Å². The molecule has 0 fully saturated rings. The average Bonchev–Trinajstić information content (AvgIpc) is 2.14. The number of H-pyrrole nitrogens is 1. The summed E-state index contributed by atoms with van der Waals surface area (Å²) in [6, 6.07) is 0. The first kappa shape index (κ1) is 5.24. The third kappa shape index (κ3) is 0.696. The molecule has 1 rings (SSSR count). The van der Waals surface area contributed by atoms with Gasteiger partial charge in [-0.3, -0.25) is 0 Å².